The Kier molecular flexibility index (Phi) is 6.00. The van der Waals surface area contributed by atoms with Crippen LogP contribution in [0.25, 0.3) is 0 Å². The molecular formula is C26H31NO3. The van der Waals surface area contributed by atoms with Gasteiger partial charge in [-0.05, 0) is 59.9 Å². The number of carbonyl (C=O) groups is 2. The fourth-order valence-corrected chi connectivity index (χ4v) is 4.27. The molecule has 0 heterocycles. The Morgan fingerprint density at radius 2 is 1.63 bits per heavy atom. The van der Waals surface area contributed by atoms with Gasteiger partial charge in [0.05, 0.1) is 6.61 Å². The number of carbonyl (C=O) groups excluding carboxylic acids is 2. The molecule has 4 nitrogen and oxygen atoms in total. The van der Waals surface area contributed by atoms with Crippen LogP contribution in [0.1, 0.15) is 83.5 Å². The monoisotopic (exact) mass is 405 g/mol. The van der Waals surface area contributed by atoms with Crippen molar-refractivity contribution in [1.82, 2.24) is 5.48 Å². The van der Waals surface area contributed by atoms with Crippen LogP contribution in [0.3, 0.4) is 0 Å². The van der Waals surface area contributed by atoms with Crippen molar-refractivity contribution in [2.45, 2.75) is 58.3 Å². The van der Waals surface area contributed by atoms with E-state index >= 15 is 0 Å². The van der Waals surface area contributed by atoms with E-state index in [0.717, 1.165) is 29.5 Å². The lowest BCUT2D eigenvalue weighted by Crippen LogP contribution is -2.36. The molecule has 158 valence electrons. The van der Waals surface area contributed by atoms with Crippen molar-refractivity contribution in [1.29, 1.82) is 0 Å². The lowest BCUT2D eigenvalue weighted by Gasteiger charge is -2.43. The zero-order valence-electron chi connectivity index (χ0n) is 18.6. The third-order valence-electron chi connectivity index (χ3n) is 6.08. The number of aryl methyl sites for hydroxylation is 1. The molecule has 4 heteroatoms. The fraction of sp³-hybridized carbons (Fsp3) is 0.385. The van der Waals surface area contributed by atoms with Gasteiger partial charge in [-0.15, -0.1) is 6.58 Å². The molecule has 0 atom stereocenters. The number of nitrogens with one attached hydrogen (secondary N) is 1. The van der Waals surface area contributed by atoms with E-state index in [4.69, 9.17) is 4.84 Å². The van der Waals surface area contributed by atoms with E-state index in [1.165, 1.54) is 5.56 Å². The van der Waals surface area contributed by atoms with Gasteiger partial charge >= 0.3 is 0 Å². The molecule has 1 aliphatic carbocycles. The summed E-state index contributed by atoms with van der Waals surface area (Å²) in [5, 5.41) is 0. The Morgan fingerprint density at radius 3 is 2.27 bits per heavy atom. The van der Waals surface area contributed by atoms with E-state index in [-0.39, 0.29) is 29.1 Å². The average molecular weight is 406 g/mol. The first-order valence-corrected chi connectivity index (χ1v) is 10.4. The van der Waals surface area contributed by atoms with Crippen LogP contribution in [0.2, 0.25) is 0 Å². The van der Waals surface area contributed by atoms with Crippen molar-refractivity contribution in [2.75, 3.05) is 6.61 Å². The molecule has 2 aromatic rings. The molecule has 0 fully saturated rings. The summed E-state index contributed by atoms with van der Waals surface area (Å²) in [6.45, 7) is 14.8. The van der Waals surface area contributed by atoms with Gasteiger partial charge in [-0.3, -0.25) is 14.4 Å². The number of hydroxylamine groups is 1. The van der Waals surface area contributed by atoms with Crippen LogP contribution in [0.5, 0.6) is 0 Å². The van der Waals surface area contributed by atoms with E-state index < -0.39 is 0 Å². The zero-order chi connectivity index (χ0) is 22.1. The maximum absolute atomic E-state index is 13.5. The minimum atomic E-state index is -0.355. The SMILES string of the molecule is C=CCONC(=O)c1ccc(C(=O)c2cc(C)cc3c2C(C)(C)CCC3(C)C)cc1. The van der Waals surface area contributed by atoms with Gasteiger partial charge < -0.3 is 0 Å². The Bertz CT molecular complexity index is 984. The predicted molar refractivity (Wildman–Crippen MR) is 120 cm³/mol. The molecule has 0 aromatic heterocycles. The van der Waals surface area contributed by atoms with Gasteiger partial charge in [-0.1, -0.05) is 57.5 Å². The summed E-state index contributed by atoms with van der Waals surface area (Å²) >= 11 is 0. The molecule has 1 amide bonds. The second kappa shape index (κ2) is 8.19. The van der Waals surface area contributed by atoms with Gasteiger partial charge in [-0.25, -0.2) is 5.48 Å². The van der Waals surface area contributed by atoms with Gasteiger partial charge in [-0.2, -0.15) is 0 Å². The molecule has 0 aliphatic heterocycles. The number of hydrogen-bond donors (Lipinski definition) is 1. The quantitative estimate of drug-likeness (QED) is 0.302. The number of rotatable bonds is 6. The van der Waals surface area contributed by atoms with E-state index in [1.54, 1.807) is 30.3 Å². The first kappa shape index (κ1) is 22.0. The van der Waals surface area contributed by atoms with E-state index in [2.05, 4.69) is 45.8 Å². The van der Waals surface area contributed by atoms with Crippen molar-refractivity contribution < 1.29 is 14.4 Å². The van der Waals surface area contributed by atoms with Crippen LogP contribution < -0.4 is 5.48 Å². The van der Waals surface area contributed by atoms with Crippen LogP contribution in [-0.2, 0) is 15.7 Å². The van der Waals surface area contributed by atoms with Gasteiger partial charge in [0.2, 0.25) is 0 Å². The van der Waals surface area contributed by atoms with Gasteiger partial charge in [0.1, 0.15) is 0 Å². The highest BCUT2D eigenvalue weighted by Crippen LogP contribution is 2.47. The number of hydrogen-bond acceptors (Lipinski definition) is 3. The van der Waals surface area contributed by atoms with Crippen LogP contribution in [0, 0.1) is 6.92 Å². The molecule has 0 unspecified atom stereocenters. The molecule has 0 radical (unpaired) electrons. The maximum atomic E-state index is 13.5. The Labute approximate surface area is 179 Å². The fourth-order valence-electron chi connectivity index (χ4n) is 4.27. The Morgan fingerprint density at radius 1 is 1.03 bits per heavy atom. The number of amides is 1. The largest absolute Gasteiger partial charge is 0.289 e. The Balaban J connectivity index is 1.97. The highest BCUT2D eigenvalue weighted by atomic mass is 16.6. The molecule has 0 saturated carbocycles. The summed E-state index contributed by atoms with van der Waals surface area (Å²) in [5.74, 6) is -0.359. The summed E-state index contributed by atoms with van der Waals surface area (Å²) in [4.78, 5) is 30.6. The molecule has 3 rings (SSSR count). The van der Waals surface area contributed by atoms with Gasteiger partial charge in [0, 0.05) is 16.7 Å². The zero-order valence-corrected chi connectivity index (χ0v) is 18.6. The van der Waals surface area contributed by atoms with Crippen molar-refractivity contribution in [3.63, 3.8) is 0 Å². The molecule has 1 N–H and O–H groups in total. The standard InChI is InChI=1S/C26H31NO3/c1-7-14-30-27-24(29)19-10-8-18(9-11-19)23(28)20-15-17(2)16-21-22(20)26(5,6)13-12-25(21,3)4/h7-11,15-16H,1,12-14H2,2-6H3,(H,27,29). The number of fused-ring (bicyclic) bond motifs is 1. The van der Waals surface area contributed by atoms with Crippen molar-refractivity contribution in [2.24, 2.45) is 0 Å². The van der Waals surface area contributed by atoms with Crippen molar-refractivity contribution in [3.05, 3.63) is 82.4 Å². The Hall–Kier alpha value is -2.72. The second-order valence-corrected chi connectivity index (χ2v) is 9.44. The predicted octanol–water partition coefficient (Wildman–Crippen LogP) is 5.42. The minimum Gasteiger partial charge on any atom is -0.289 e. The molecule has 0 spiro atoms. The molecule has 0 bridgehead atoms. The molecule has 0 saturated heterocycles. The molecular weight excluding hydrogens is 374 g/mol. The minimum absolute atomic E-state index is 0.00408. The third-order valence-corrected chi connectivity index (χ3v) is 6.08. The van der Waals surface area contributed by atoms with E-state index in [0.29, 0.717) is 11.1 Å². The van der Waals surface area contributed by atoms with Gasteiger partial charge in [0.25, 0.3) is 5.91 Å². The third kappa shape index (κ3) is 4.24. The summed E-state index contributed by atoms with van der Waals surface area (Å²) in [6.07, 6.45) is 3.69. The maximum Gasteiger partial charge on any atom is 0.274 e. The van der Waals surface area contributed by atoms with Crippen LogP contribution >= 0.6 is 0 Å². The summed E-state index contributed by atoms with van der Waals surface area (Å²) < 4.78 is 0. The van der Waals surface area contributed by atoms with Crippen molar-refractivity contribution >= 4 is 11.7 Å². The normalized spacial score (nSPS) is 16.4. The number of benzene rings is 2. The highest BCUT2D eigenvalue weighted by Gasteiger charge is 2.39. The van der Waals surface area contributed by atoms with Crippen LogP contribution in [0.4, 0.5) is 0 Å². The summed E-state index contributed by atoms with van der Waals surface area (Å²) in [6, 6.07) is 11.0. The topological polar surface area (TPSA) is 55.4 Å². The van der Waals surface area contributed by atoms with Crippen molar-refractivity contribution in [3.8, 4) is 0 Å². The van der Waals surface area contributed by atoms with Crippen LogP contribution in [0.15, 0.2) is 49.1 Å². The lowest BCUT2D eigenvalue weighted by molar-refractivity contribution is 0.0421. The number of ketones is 1. The summed E-state index contributed by atoms with van der Waals surface area (Å²) in [7, 11) is 0. The van der Waals surface area contributed by atoms with E-state index in [1.807, 2.05) is 13.0 Å². The average Bonchev–Trinajstić information content (AvgIpc) is 2.70. The first-order chi connectivity index (χ1) is 14.1. The molecule has 1 aliphatic rings. The summed E-state index contributed by atoms with van der Waals surface area (Å²) in [5.41, 5.74) is 7.64. The molecule has 30 heavy (non-hydrogen) atoms. The second-order valence-electron chi connectivity index (χ2n) is 9.44. The van der Waals surface area contributed by atoms with Gasteiger partial charge in [0.15, 0.2) is 5.78 Å². The smallest absolute Gasteiger partial charge is 0.274 e. The first-order valence-electron chi connectivity index (χ1n) is 10.4. The van der Waals surface area contributed by atoms with Crippen LogP contribution in [-0.4, -0.2) is 18.3 Å². The van der Waals surface area contributed by atoms with E-state index in [9.17, 15) is 9.59 Å². The molecule has 2 aromatic carbocycles. The lowest BCUT2D eigenvalue weighted by atomic mass is 9.61. The highest BCUT2D eigenvalue weighted by molar-refractivity contribution is 6.11.